The first-order chi connectivity index (χ1) is 14.2. The number of amides is 2. The van der Waals surface area contributed by atoms with Crippen molar-refractivity contribution >= 4 is 12.0 Å². The molecule has 0 unspecified atom stereocenters. The van der Waals surface area contributed by atoms with E-state index >= 15 is 0 Å². The monoisotopic (exact) mass is 419 g/mol. The van der Waals surface area contributed by atoms with E-state index in [4.69, 9.17) is 9.47 Å². The van der Waals surface area contributed by atoms with Gasteiger partial charge in [0.2, 0.25) is 0 Å². The fraction of sp³-hybridized carbons (Fsp3) is 0.652. The third-order valence-electron chi connectivity index (χ3n) is 5.17. The molecule has 30 heavy (non-hydrogen) atoms. The summed E-state index contributed by atoms with van der Waals surface area (Å²) in [6, 6.07) is 6.02. The summed E-state index contributed by atoms with van der Waals surface area (Å²) >= 11 is 0. The lowest BCUT2D eigenvalue weighted by Crippen LogP contribution is -2.41. The number of hydrogen-bond donors (Lipinski definition) is 3. The molecule has 2 amide bonds. The van der Waals surface area contributed by atoms with Gasteiger partial charge in [-0.2, -0.15) is 0 Å². The Labute approximate surface area is 180 Å². The predicted octanol–water partition coefficient (Wildman–Crippen LogP) is 3.41. The maximum Gasteiger partial charge on any atom is 0.407 e. The van der Waals surface area contributed by atoms with Crippen LogP contribution in [0.25, 0.3) is 0 Å². The maximum atomic E-state index is 12.5. The Morgan fingerprint density at radius 2 is 1.73 bits per heavy atom. The molecule has 0 spiro atoms. The highest BCUT2D eigenvalue weighted by molar-refractivity contribution is 5.94. The predicted molar refractivity (Wildman–Crippen MR) is 118 cm³/mol. The summed E-state index contributed by atoms with van der Waals surface area (Å²) in [6.45, 7) is 9.47. The minimum atomic E-state index is -0.475. The van der Waals surface area contributed by atoms with Gasteiger partial charge in [0.25, 0.3) is 5.91 Å². The van der Waals surface area contributed by atoms with Gasteiger partial charge in [0.05, 0.1) is 7.11 Å². The van der Waals surface area contributed by atoms with Gasteiger partial charge in [0, 0.05) is 31.2 Å². The summed E-state index contributed by atoms with van der Waals surface area (Å²) < 4.78 is 10.5. The van der Waals surface area contributed by atoms with Gasteiger partial charge in [0.1, 0.15) is 11.4 Å². The number of hydrogen-bond acceptors (Lipinski definition) is 5. The van der Waals surface area contributed by atoms with Gasteiger partial charge in [-0.1, -0.05) is 0 Å². The molecule has 7 nitrogen and oxygen atoms in total. The lowest BCUT2D eigenvalue weighted by molar-refractivity contribution is 0.0527. The average molecular weight is 420 g/mol. The Morgan fingerprint density at radius 3 is 2.37 bits per heavy atom. The minimum Gasteiger partial charge on any atom is -0.497 e. The topological polar surface area (TPSA) is 88.7 Å². The molecule has 1 aliphatic carbocycles. The van der Waals surface area contributed by atoms with E-state index in [0.717, 1.165) is 37.8 Å². The van der Waals surface area contributed by atoms with Crippen molar-refractivity contribution in [3.63, 3.8) is 0 Å². The van der Waals surface area contributed by atoms with Crippen molar-refractivity contribution in [3.05, 3.63) is 29.3 Å². The molecule has 1 saturated carbocycles. The lowest BCUT2D eigenvalue weighted by atomic mass is 9.86. The summed E-state index contributed by atoms with van der Waals surface area (Å²) in [5, 5.41) is 9.34. The zero-order valence-electron chi connectivity index (χ0n) is 19.0. The summed E-state index contributed by atoms with van der Waals surface area (Å²) in [7, 11) is 1.61. The lowest BCUT2D eigenvalue weighted by Gasteiger charge is -2.29. The zero-order chi connectivity index (χ0) is 22.1. The Kier molecular flexibility index (Phi) is 8.96. The molecule has 0 aromatic heterocycles. The van der Waals surface area contributed by atoms with Crippen LogP contribution in [0.2, 0.25) is 0 Å². The molecule has 7 heteroatoms. The van der Waals surface area contributed by atoms with Gasteiger partial charge >= 0.3 is 6.09 Å². The summed E-state index contributed by atoms with van der Waals surface area (Å²) in [5.74, 6) is 1.15. The van der Waals surface area contributed by atoms with E-state index in [1.54, 1.807) is 13.2 Å². The van der Waals surface area contributed by atoms with E-state index in [9.17, 15) is 9.59 Å². The highest BCUT2D eigenvalue weighted by atomic mass is 16.6. The van der Waals surface area contributed by atoms with Gasteiger partial charge in [-0.3, -0.25) is 4.79 Å². The molecule has 0 aliphatic heterocycles. The van der Waals surface area contributed by atoms with Crippen LogP contribution in [-0.4, -0.2) is 50.4 Å². The Morgan fingerprint density at radius 1 is 1.03 bits per heavy atom. The van der Waals surface area contributed by atoms with Crippen LogP contribution in [0, 0.1) is 12.8 Å². The van der Waals surface area contributed by atoms with Crippen molar-refractivity contribution < 1.29 is 19.1 Å². The number of carbonyl (C=O) groups excluding carboxylic acids is 2. The first kappa shape index (κ1) is 24.0. The second kappa shape index (κ2) is 11.2. The van der Waals surface area contributed by atoms with Gasteiger partial charge in [-0.25, -0.2) is 4.79 Å². The zero-order valence-corrected chi connectivity index (χ0v) is 19.0. The largest absolute Gasteiger partial charge is 0.497 e. The molecule has 0 heterocycles. The maximum absolute atomic E-state index is 12.5. The van der Waals surface area contributed by atoms with Crippen molar-refractivity contribution in [3.8, 4) is 5.75 Å². The smallest absolute Gasteiger partial charge is 0.407 e. The van der Waals surface area contributed by atoms with Crippen LogP contribution in [-0.2, 0) is 4.74 Å². The van der Waals surface area contributed by atoms with Gasteiger partial charge < -0.3 is 25.4 Å². The van der Waals surface area contributed by atoms with Gasteiger partial charge in [-0.05, 0) is 83.1 Å². The quantitative estimate of drug-likeness (QED) is 0.562. The second-order valence-corrected chi connectivity index (χ2v) is 9.05. The Balaban J connectivity index is 1.62. The Hall–Kier alpha value is -2.28. The molecule has 0 radical (unpaired) electrons. The number of rotatable bonds is 8. The number of nitrogens with one attached hydrogen (secondary N) is 3. The van der Waals surface area contributed by atoms with E-state index in [2.05, 4.69) is 16.0 Å². The number of aryl methyl sites for hydroxylation is 1. The molecule has 0 bridgehead atoms. The number of alkyl carbamates (subject to hydrolysis) is 1. The molecule has 0 saturated heterocycles. The van der Waals surface area contributed by atoms with Crippen LogP contribution in [0.5, 0.6) is 5.75 Å². The van der Waals surface area contributed by atoms with Crippen LogP contribution in [0.15, 0.2) is 18.2 Å². The number of ether oxygens (including phenoxy) is 2. The highest BCUT2D eigenvalue weighted by Gasteiger charge is 2.22. The molecule has 168 valence electrons. The van der Waals surface area contributed by atoms with Crippen molar-refractivity contribution in [1.82, 2.24) is 16.0 Å². The molecular weight excluding hydrogens is 382 g/mol. The standard InChI is InChI=1S/C23H37N3O4/c1-16-12-18(14-20(13-16)29-5)21(27)26-15-17-6-8-19(9-7-17)24-10-11-25-22(28)30-23(2,3)4/h12-14,17,19,24H,6-11,15H2,1-5H3,(H,25,28)(H,26,27)/t17-,19+. The number of benzene rings is 1. The summed E-state index contributed by atoms with van der Waals surface area (Å²) in [4.78, 5) is 24.1. The van der Waals surface area contributed by atoms with Crippen molar-refractivity contribution in [2.24, 2.45) is 5.92 Å². The number of methoxy groups -OCH3 is 1. The molecule has 1 fully saturated rings. The Bertz CT molecular complexity index is 707. The number of carbonyl (C=O) groups is 2. The first-order valence-corrected chi connectivity index (χ1v) is 10.8. The van der Waals surface area contributed by atoms with Crippen molar-refractivity contribution in [2.45, 2.75) is 65.0 Å². The third kappa shape index (κ3) is 8.61. The molecule has 0 atom stereocenters. The van der Waals surface area contributed by atoms with Gasteiger partial charge in [0.15, 0.2) is 0 Å². The van der Waals surface area contributed by atoms with Crippen LogP contribution in [0.1, 0.15) is 62.4 Å². The average Bonchev–Trinajstić information content (AvgIpc) is 2.68. The van der Waals surface area contributed by atoms with Crippen LogP contribution in [0.4, 0.5) is 4.79 Å². The van der Waals surface area contributed by atoms with Crippen LogP contribution < -0.4 is 20.7 Å². The molecule has 1 aromatic rings. The summed E-state index contributed by atoms with van der Waals surface area (Å²) in [6.07, 6.45) is 3.93. The second-order valence-electron chi connectivity index (χ2n) is 9.05. The highest BCUT2D eigenvalue weighted by Crippen LogP contribution is 2.24. The molecule has 1 aromatic carbocycles. The van der Waals surface area contributed by atoms with Crippen molar-refractivity contribution in [1.29, 1.82) is 0 Å². The third-order valence-corrected chi connectivity index (χ3v) is 5.17. The van der Waals surface area contributed by atoms with E-state index in [0.29, 0.717) is 36.4 Å². The molecule has 3 N–H and O–H groups in total. The fourth-order valence-corrected chi connectivity index (χ4v) is 3.66. The van der Waals surface area contributed by atoms with Crippen LogP contribution >= 0.6 is 0 Å². The van der Waals surface area contributed by atoms with Gasteiger partial charge in [-0.15, -0.1) is 0 Å². The van der Waals surface area contributed by atoms with Crippen LogP contribution in [0.3, 0.4) is 0 Å². The van der Waals surface area contributed by atoms with E-state index in [1.165, 1.54) is 0 Å². The first-order valence-electron chi connectivity index (χ1n) is 10.8. The molecule has 2 rings (SSSR count). The van der Waals surface area contributed by atoms with Crippen molar-refractivity contribution in [2.75, 3.05) is 26.7 Å². The molecular formula is C23H37N3O4. The fourth-order valence-electron chi connectivity index (χ4n) is 3.66. The minimum absolute atomic E-state index is 0.0505. The van der Waals surface area contributed by atoms with E-state index in [1.807, 2.05) is 39.8 Å². The SMILES string of the molecule is COc1cc(C)cc(C(=O)NC[C@H]2CC[C@@H](NCCNC(=O)OC(C)(C)C)CC2)c1. The van der Waals surface area contributed by atoms with E-state index < -0.39 is 5.60 Å². The van der Waals surface area contributed by atoms with E-state index in [-0.39, 0.29) is 12.0 Å². The normalized spacial score (nSPS) is 19.1. The summed E-state index contributed by atoms with van der Waals surface area (Å²) in [5.41, 5.74) is 1.17. The molecule has 1 aliphatic rings.